The van der Waals surface area contributed by atoms with Crippen LogP contribution in [0, 0.1) is 5.92 Å². The standard InChI is InChI=1S/C19H34O7/c1-13(21)8-5-3-4-6-9-15(22)10-7-11-25-19-14(2)17(23)18(24)16(12-20)26-19/h14,16-20,23-24H,3-12H2,1-2H3/t14?,16?,17-,18+,19-/m1/s1. The third-order valence-electron chi connectivity index (χ3n) is 4.80. The number of ether oxygens (including phenoxy) is 2. The average Bonchev–Trinajstić information content (AvgIpc) is 2.61. The van der Waals surface area contributed by atoms with Gasteiger partial charge in [0.1, 0.15) is 23.8 Å². The summed E-state index contributed by atoms with van der Waals surface area (Å²) in [4.78, 5) is 22.7. The van der Waals surface area contributed by atoms with Crippen LogP contribution in [0.2, 0.25) is 0 Å². The van der Waals surface area contributed by atoms with E-state index in [2.05, 4.69) is 0 Å². The molecule has 5 atom stereocenters. The van der Waals surface area contributed by atoms with Gasteiger partial charge < -0.3 is 29.6 Å². The van der Waals surface area contributed by atoms with Crippen LogP contribution in [0.5, 0.6) is 0 Å². The zero-order valence-corrected chi connectivity index (χ0v) is 15.9. The Morgan fingerprint density at radius 2 is 1.58 bits per heavy atom. The molecule has 1 aliphatic heterocycles. The molecule has 0 aromatic heterocycles. The van der Waals surface area contributed by atoms with Crippen LogP contribution in [0.15, 0.2) is 0 Å². The van der Waals surface area contributed by atoms with E-state index >= 15 is 0 Å². The van der Waals surface area contributed by atoms with Crippen molar-refractivity contribution < 1.29 is 34.4 Å². The number of carbonyl (C=O) groups excluding carboxylic acids is 2. The highest BCUT2D eigenvalue weighted by atomic mass is 16.7. The van der Waals surface area contributed by atoms with E-state index in [1.165, 1.54) is 0 Å². The van der Waals surface area contributed by atoms with E-state index in [0.717, 1.165) is 25.7 Å². The van der Waals surface area contributed by atoms with Crippen LogP contribution in [0.3, 0.4) is 0 Å². The van der Waals surface area contributed by atoms with Crippen LogP contribution in [0.25, 0.3) is 0 Å². The minimum Gasteiger partial charge on any atom is -0.394 e. The summed E-state index contributed by atoms with van der Waals surface area (Å²) in [6.45, 7) is 3.23. The SMILES string of the molecule is CC(=O)CCCCCCC(=O)CCCO[C@@H]1OC(CO)[C@H](O)[C@H](O)C1C. The summed E-state index contributed by atoms with van der Waals surface area (Å²) in [5.74, 6) is -0.00958. The van der Waals surface area contributed by atoms with Gasteiger partial charge in [0.15, 0.2) is 6.29 Å². The van der Waals surface area contributed by atoms with Gasteiger partial charge >= 0.3 is 0 Å². The van der Waals surface area contributed by atoms with Crippen molar-refractivity contribution in [1.29, 1.82) is 0 Å². The summed E-state index contributed by atoms with van der Waals surface area (Å²) in [7, 11) is 0. The highest BCUT2D eigenvalue weighted by molar-refractivity contribution is 5.78. The van der Waals surface area contributed by atoms with Crippen LogP contribution < -0.4 is 0 Å². The van der Waals surface area contributed by atoms with Crippen molar-refractivity contribution in [3.05, 3.63) is 0 Å². The lowest BCUT2D eigenvalue weighted by Gasteiger charge is -2.40. The first kappa shape index (κ1) is 23.2. The molecule has 26 heavy (non-hydrogen) atoms. The minimum atomic E-state index is -1.13. The fraction of sp³-hybridized carbons (Fsp3) is 0.895. The normalized spacial score (nSPS) is 28.9. The van der Waals surface area contributed by atoms with E-state index in [1.54, 1.807) is 13.8 Å². The molecule has 1 heterocycles. The zero-order valence-electron chi connectivity index (χ0n) is 15.9. The molecule has 0 aromatic carbocycles. The van der Waals surface area contributed by atoms with Crippen molar-refractivity contribution in [2.75, 3.05) is 13.2 Å². The van der Waals surface area contributed by atoms with Crippen molar-refractivity contribution in [3.8, 4) is 0 Å². The van der Waals surface area contributed by atoms with Crippen molar-refractivity contribution in [2.45, 2.75) is 89.8 Å². The molecule has 1 aliphatic rings. The lowest BCUT2D eigenvalue weighted by Crippen LogP contribution is -2.55. The smallest absolute Gasteiger partial charge is 0.163 e. The van der Waals surface area contributed by atoms with Gasteiger partial charge in [0.2, 0.25) is 0 Å². The third kappa shape index (κ3) is 8.22. The van der Waals surface area contributed by atoms with Gasteiger partial charge in [-0.2, -0.15) is 0 Å². The number of carbonyl (C=O) groups is 2. The first-order valence-electron chi connectivity index (χ1n) is 9.62. The first-order chi connectivity index (χ1) is 12.4. The molecular weight excluding hydrogens is 340 g/mol. The molecule has 1 rings (SSSR count). The number of rotatable bonds is 13. The predicted octanol–water partition coefficient (Wildman–Crippen LogP) is 1.36. The number of ketones is 2. The fourth-order valence-corrected chi connectivity index (χ4v) is 3.05. The highest BCUT2D eigenvalue weighted by Gasteiger charge is 2.42. The van der Waals surface area contributed by atoms with Crippen LogP contribution >= 0.6 is 0 Å². The topological polar surface area (TPSA) is 113 Å². The molecule has 0 saturated carbocycles. The van der Waals surface area contributed by atoms with Gasteiger partial charge in [-0.15, -0.1) is 0 Å². The quantitative estimate of drug-likeness (QED) is 0.417. The lowest BCUT2D eigenvalue weighted by molar-refractivity contribution is -0.282. The Labute approximate surface area is 155 Å². The van der Waals surface area contributed by atoms with Gasteiger partial charge in [-0.3, -0.25) is 4.79 Å². The van der Waals surface area contributed by atoms with Crippen LogP contribution in [0.1, 0.15) is 65.2 Å². The molecule has 1 saturated heterocycles. The fourth-order valence-electron chi connectivity index (χ4n) is 3.05. The van der Waals surface area contributed by atoms with Crippen molar-refractivity contribution in [3.63, 3.8) is 0 Å². The number of hydrogen-bond acceptors (Lipinski definition) is 7. The Kier molecular flexibility index (Phi) is 11.2. The summed E-state index contributed by atoms with van der Waals surface area (Å²) in [5, 5.41) is 28.9. The lowest BCUT2D eigenvalue weighted by atomic mass is 9.92. The first-order valence-corrected chi connectivity index (χ1v) is 9.62. The molecule has 152 valence electrons. The minimum absolute atomic E-state index is 0.196. The van der Waals surface area contributed by atoms with Crippen LogP contribution in [-0.2, 0) is 19.1 Å². The molecule has 1 fully saturated rings. The van der Waals surface area contributed by atoms with Gasteiger partial charge in [-0.05, 0) is 26.2 Å². The molecule has 0 amide bonds. The summed E-state index contributed by atoms with van der Waals surface area (Å²) in [6.07, 6.45) is 2.14. The number of hydrogen-bond donors (Lipinski definition) is 3. The van der Waals surface area contributed by atoms with Crippen molar-refractivity contribution >= 4 is 11.6 Å². The molecule has 0 spiro atoms. The molecule has 0 aromatic rings. The predicted molar refractivity (Wildman–Crippen MR) is 95.5 cm³/mol. The molecule has 0 bridgehead atoms. The summed E-state index contributed by atoms with van der Waals surface area (Å²) < 4.78 is 11.1. The molecule has 7 heteroatoms. The maximum Gasteiger partial charge on any atom is 0.163 e. The Bertz CT molecular complexity index is 424. The monoisotopic (exact) mass is 374 g/mol. The van der Waals surface area contributed by atoms with Crippen molar-refractivity contribution in [2.24, 2.45) is 5.92 Å². The van der Waals surface area contributed by atoms with E-state index in [0.29, 0.717) is 32.3 Å². The van der Waals surface area contributed by atoms with Crippen molar-refractivity contribution in [1.82, 2.24) is 0 Å². The van der Waals surface area contributed by atoms with E-state index in [1.807, 2.05) is 0 Å². The largest absolute Gasteiger partial charge is 0.394 e. The second-order valence-corrected chi connectivity index (χ2v) is 7.20. The Morgan fingerprint density at radius 1 is 0.962 bits per heavy atom. The molecular formula is C19H34O7. The Hall–Kier alpha value is -0.860. The van der Waals surface area contributed by atoms with Gasteiger partial charge in [0.05, 0.1) is 19.3 Å². The van der Waals surface area contributed by atoms with Gasteiger partial charge in [-0.25, -0.2) is 0 Å². The van der Waals surface area contributed by atoms with Gasteiger partial charge in [0.25, 0.3) is 0 Å². The third-order valence-corrected chi connectivity index (χ3v) is 4.80. The number of Topliss-reactive ketones (excluding diaryl/α,β-unsaturated/α-hetero) is 2. The molecule has 0 radical (unpaired) electrons. The molecule has 7 nitrogen and oxygen atoms in total. The van der Waals surface area contributed by atoms with E-state index < -0.39 is 37.1 Å². The Morgan fingerprint density at radius 3 is 2.19 bits per heavy atom. The van der Waals surface area contributed by atoms with E-state index in [9.17, 15) is 24.9 Å². The van der Waals surface area contributed by atoms with Gasteiger partial charge in [-0.1, -0.05) is 19.8 Å². The maximum atomic E-state index is 11.8. The number of unbranched alkanes of at least 4 members (excludes halogenated alkanes) is 3. The number of aliphatic hydroxyl groups is 3. The highest BCUT2D eigenvalue weighted by Crippen LogP contribution is 2.26. The molecule has 0 aliphatic carbocycles. The molecule has 3 N–H and O–H groups in total. The van der Waals surface area contributed by atoms with E-state index in [4.69, 9.17) is 9.47 Å². The summed E-state index contributed by atoms with van der Waals surface area (Å²) >= 11 is 0. The maximum absolute atomic E-state index is 11.8. The summed E-state index contributed by atoms with van der Waals surface area (Å²) in [5.41, 5.74) is 0. The molecule has 2 unspecified atom stereocenters. The summed E-state index contributed by atoms with van der Waals surface area (Å²) in [6, 6.07) is 0. The van der Waals surface area contributed by atoms with E-state index in [-0.39, 0.29) is 11.6 Å². The van der Waals surface area contributed by atoms with Gasteiger partial charge in [0, 0.05) is 25.2 Å². The van der Waals surface area contributed by atoms with Crippen LogP contribution in [0.4, 0.5) is 0 Å². The average molecular weight is 374 g/mol. The van der Waals surface area contributed by atoms with Crippen LogP contribution in [-0.4, -0.2) is 64.7 Å². The number of aliphatic hydroxyl groups excluding tert-OH is 3. The zero-order chi connectivity index (χ0) is 19.5. The second-order valence-electron chi connectivity index (χ2n) is 7.20. The second kappa shape index (κ2) is 12.5. The Balaban J connectivity index is 2.11.